The first kappa shape index (κ1) is 16.1. The Morgan fingerprint density at radius 2 is 1.83 bits per heavy atom. The summed E-state index contributed by atoms with van der Waals surface area (Å²) in [6.45, 7) is 0. The van der Waals surface area contributed by atoms with E-state index in [2.05, 4.69) is 0 Å². The molecule has 2 aromatic rings. The fourth-order valence-corrected chi connectivity index (χ4v) is 2.01. The van der Waals surface area contributed by atoms with Crippen LogP contribution in [0.25, 0.3) is 11.6 Å². The van der Waals surface area contributed by atoms with Gasteiger partial charge in [0.15, 0.2) is 0 Å². The number of hydrogen-bond acceptors (Lipinski definition) is 5. The molecule has 0 bridgehead atoms. The second kappa shape index (κ2) is 6.63. The van der Waals surface area contributed by atoms with Crippen molar-refractivity contribution in [2.75, 3.05) is 0 Å². The molecule has 2 aromatic carbocycles. The predicted molar refractivity (Wildman–Crippen MR) is 83.4 cm³/mol. The normalized spacial score (nSPS) is 11.1. The van der Waals surface area contributed by atoms with Crippen molar-refractivity contribution in [3.63, 3.8) is 0 Å². The van der Waals surface area contributed by atoms with Crippen LogP contribution in [-0.2, 0) is 4.79 Å². The average molecular weight is 314 g/mol. The van der Waals surface area contributed by atoms with Crippen molar-refractivity contribution >= 4 is 23.5 Å². The Morgan fingerprint density at radius 3 is 2.43 bits per heavy atom. The van der Waals surface area contributed by atoms with E-state index in [-0.39, 0.29) is 22.6 Å². The molecule has 1 amide bonds. The molecule has 0 spiro atoms. The number of rotatable bonds is 4. The molecule has 7 nitrogen and oxygen atoms in total. The third kappa shape index (κ3) is 3.66. The Bertz CT molecular complexity index is 799. The minimum absolute atomic E-state index is 0.0323. The van der Waals surface area contributed by atoms with Gasteiger partial charge in [0.25, 0.3) is 5.91 Å². The Kier molecular flexibility index (Phi) is 4.63. The highest BCUT2D eigenvalue weighted by Crippen LogP contribution is 2.25. The largest absolute Gasteiger partial charge is 0.508 e. The lowest BCUT2D eigenvalue weighted by molar-refractivity contribution is -0.115. The summed E-state index contributed by atoms with van der Waals surface area (Å²) < 4.78 is 0. The Labute approximate surface area is 131 Å². The van der Waals surface area contributed by atoms with Gasteiger partial charge in [-0.3, -0.25) is 10.2 Å². The van der Waals surface area contributed by atoms with E-state index in [0.29, 0.717) is 11.1 Å². The van der Waals surface area contributed by atoms with Crippen LogP contribution in [0.1, 0.15) is 21.5 Å². The van der Waals surface area contributed by atoms with Crippen molar-refractivity contribution in [2.45, 2.75) is 0 Å². The van der Waals surface area contributed by atoms with Crippen molar-refractivity contribution in [1.29, 1.82) is 0 Å². The fourth-order valence-electron chi connectivity index (χ4n) is 2.01. The number of carboxylic acid groups (broad SMARTS) is 1. The summed E-state index contributed by atoms with van der Waals surface area (Å²) in [5, 5.41) is 28.1. The quantitative estimate of drug-likeness (QED) is 0.190. The Morgan fingerprint density at radius 1 is 1.09 bits per heavy atom. The second-order valence-electron chi connectivity index (χ2n) is 4.66. The maximum absolute atomic E-state index is 12.0. The van der Waals surface area contributed by atoms with Crippen LogP contribution in [-0.4, -0.2) is 27.2 Å². The number of hydrogen-bond donors (Lipinski definition) is 5. The van der Waals surface area contributed by atoms with Crippen molar-refractivity contribution in [3.8, 4) is 11.5 Å². The lowest BCUT2D eigenvalue weighted by Crippen LogP contribution is -2.30. The molecule has 0 aliphatic heterocycles. The summed E-state index contributed by atoms with van der Waals surface area (Å²) in [5.41, 5.74) is 2.62. The highest BCUT2D eigenvalue weighted by molar-refractivity contribution is 6.24. The van der Waals surface area contributed by atoms with Crippen LogP contribution in [0, 0.1) is 0 Å². The number of carbonyl (C=O) groups is 2. The standard InChI is InChI=1S/C16H14N2O5/c17-18-15(21)12(10-2-1-3-11(19)8-10)6-9-4-5-14(20)13(7-9)16(22)23/h1-8,19-20H,17H2,(H,18,21)(H,22,23). The topological polar surface area (TPSA) is 133 Å². The van der Waals surface area contributed by atoms with E-state index in [1.165, 1.54) is 36.4 Å². The molecule has 6 N–H and O–H groups in total. The highest BCUT2D eigenvalue weighted by Gasteiger charge is 2.14. The number of nitrogens with one attached hydrogen (secondary N) is 1. The SMILES string of the molecule is NNC(=O)C(=Cc1ccc(O)c(C(=O)O)c1)c1cccc(O)c1. The number of hydrazine groups is 1. The van der Waals surface area contributed by atoms with Gasteiger partial charge in [-0.2, -0.15) is 0 Å². The van der Waals surface area contributed by atoms with Crippen LogP contribution in [0.4, 0.5) is 0 Å². The van der Waals surface area contributed by atoms with Gasteiger partial charge in [0.2, 0.25) is 0 Å². The molecule has 118 valence electrons. The van der Waals surface area contributed by atoms with Gasteiger partial charge in [0.1, 0.15) is 17.1 Å². The van der Waals surface area contributed by atoms with Gasteiger partial charge in [-0.15, -0.1) is 0 Å². The summed E-state index contributed by atoms with van der Waals surface area (Å²) in [6.07, 6.45) is 1.41. The first-order chi connectivity index (χ1) is 10.9. The summed E-state index contributed by atoms with van der Waals surface area (Å²) >= 11 is 0. The molecule has 0 fully saturated rings. The molecule has 0 saturated carbocycles. The summed E-state index contributed by atoms with van der Waals surface area (Å²) in [6, 6.07) is 9.87. The molecule has 0 unspecified atom stereocenters. The van der Waals surface area contributed by atoms with Gasteiger partial charge in [-0.25, -0.2) is 10.6 Å². The molecule has 0 radical (unpaired) electrons. The van der Waals surface area contributed by atoms with Crippen LogP contribution in [0.5, 0.6) is 11.5 Å². The predicted octanol–water partition coefficient (Wildman–Crippen LogP) is 1.33. The molecule has 2 rings (SSSR count). The number of phenols is 2. The first-order valence-electron chi connectivity index (χ1n) is 6.50. The maximum atomic E-state index is 12.0. The third-order valence-electron chi connectivity index (χ3n) is 3.09. The first-order valence-corrected chi connectivity index (χ1v) is 6.50. The molecule has 0 saturated heterocycles. The van der Waals surface area contributed by atoms with E-state index in [0.717, 1.165) is 0 Å². The number of phenolic OH excluding ortho intramolecular Hbond substituents is 1. The van der Waals surface area contributed by atoms with Gasteiger partial charge in [0, 0.05) is 5.57 Å². The lowest BCUT2D eigenvalue weighted by atomic mass is 10.0. The van der Waals surface area contributed by atoms with E-state index in [9.17, 15) is 19.8 Å². The zero-order chi connectivity index (χ0) is 17.0. The highest BCUT2D eigenvalue weighted by atomic mass is 16.4. The second-order valence-corrected chi connectivity index (χ2v) is 4.66. The number of carbonyl (C=O) groups excluding carboxylic acids is 1. The van der Waals surface area contributed by atoms with E-state index in [1.54, 1.807) is 12.1 Å². The zero-order valence-electron chi connectivity index (χ0n) is 11.9. The van der Waals surface area contributed by atoms with Gasteiger partial charge >= 0.3 is 5.97 Å². The molecule has 0 aromatic heterocycles. The van der Waals surface area contributed by atoms with Crippen molar-refractivity contribution in [3.05, 3.63) is 59.2 Å². The Balaban J connectivity index is 2.56. The molecular formula is C16H14N2O5. The van der Waals surface area contributed by atoms with E-state index < -0.39 is 11.9 Å². The monoisotopic (exact) mass is 314 g/mol. The number of nitrogens with two attached hydrogens (primary N) is 1. The number of benzene rings is 2. The summed E-state index contributed by atoms with van der Waals surface area (Å²) in [7, 11) is 0. The van der Waals surface area contributed by atoms with E-state index in [1.807, 2.05) is 5.43 Å². The molecule has 23 heavy (non-hydrogen) atoms. The number of aromatic hydroxyl groups is 2. The van der Waals surface area contributed by atoms with Crippen molar-refractivity contribution in [2.24, 2.45) is 5.84 Å². The minimum Gasteiger partial charge on any atom is -0.508 e. The molecule has 0 atom stereocenters. The van der Waals surface area contributed by atoms with Gasteiger partial charge in [-0.1, -0.05) is 18.2 Å². The summed E-state index contributed by atoms with van der Waals surface area (Å²) in [5.74, 6) is 2.85. The minimum atomic E-state index is -1.29. The summed E-state index contributed by atoms with van der Waals surface area (Å²) in [4.78, 5) is 23.0. The zero-order valence-corrected chi connectivity index (χ0v) is 11.9. The van der Waals surface area contributed by atoms with Crippen LogP contribution >= 0.6 is 0 Å². The van der Waals surface area contributed by atoms with Gasteiger partial charge < -0.3 is 15.3 Å². The lowest BCUT2D eigenvalue weighted by Gasteiger charge is -2.08. The Hall–Kier alpha value is -3.32. The third-order valence-corrected chi connectivity index (χ3v) is 3.09. The molecule has 0 heterocycles. The molecule has 0 aliphatic carbocycles. The number of aromatic carboxylic acids is 1. The van der Waals surface area contributed by atoms with Crippen molar-refractivity contribution in [1.82, 2.24) is 5.43 Å². The number of amides is 1. The van der Waals surface area contributed by atoms with Gasteiger partial charge in [-0.05, 0) is 41.5 Å². The molecule has 0 aliphatic rings. The molecule has 7 heteroatoms. The molecular weight excluding hydrogens is 300 g/mol. The smallest absolute Gasteiger partial charge is 0.339 e. The average Bonchev–Trinajstić information content (AvgIpc) is 2.53. The van der Waals surface area contributed by atoms with Gasteiger partial charge in [0.05, 0.1) is 0 Å². The van der Waals surface area contributed by atoms with Crippen LogP contribution in [0.2, 0.25) is 0 Å². The maximum Gasteiger partial charge on any atom is 0.339 e. The van der Waals surface area contributed by atoms with E-state index in [4.69, 9.17) is 10.9 Å². The number of carboxylic acids is 1. The van der Waals surface area contributed by atoms with Crippen LogP contribution < -0.4 is 11.3 Å². The van der Waals surface area contributed by atoms with Crippen LogP contribution in [0.15, 0.2) is 42.5 Å². The van der Waals surface area contributed by atoms with E-state index >= 15 is 0 Å². The van der Waals surface area contributed by atoms with Crippen molar-refractivity contribution < 1.29 is 24.9 Å². The fraction of sp³-hybridized carbons (Fsp3) is 0. The van der Waals surface area contributed by atoms with Crippen LogP contribution in [0.3, 0.4) is 0 Å².